The van der Waals surface area contributed by atoms with Crippen LogP contribution in [0.1, 0.15) is 51.5 Å². The maximum atomic E-state index is 12.9. The van der Waals surface area contributed by atoms with Gasteiger partial charge in [-0.15, -0.1) is 0 Å². The number of phenols is 1. The van der Waals surface area contributed by atoms with Crippen LogP contribution < -0.4 is 0 Å². The lowest BCUT2D eigenvalue weighted by molar-refractivity contribution is -0.136. The van der Waals surface area contributed by atoms with Gasteiger partial charge in [0.25, 0.3) is 0 Å². The normalized spacial score (nSPS) is 21.0. The van der Waals surface area contributed by atoms with Crippen molar-refractivity contribution in [1.82, 2.24) is 9.80 Å². The Kier molecular flexibility index (Phi) is 7.81. The van der Waals surface area contributed by atoms with E-state index < -0.39 is 0 Å². The fraction of sp³-hybridized carbons (Fsp3) is 0.696. The molecule has 3 rings (SSSR count). The first kappa shape index (κ1) is 21.6. The van der Waals surface area contributed by atoms with Crippen LogP contribution in [0.15, 0.2) is 22.7 Å². The summed E-state index contributed by atoms with van der Waals surface area (Å²) in [5, 5.41) is 9.64. The molecular weight excluding hydrogens is 416 g/mol. The number of rotatable bonds is 6. The molecule has 0 aromatic heterocycles. The molecule has 2 heterocycles. The number of carbonyl (C=O) groups excluding carboxylic acids is 1. The van der Waals surface area contributed by atoms with Gasteiger partial charge in [0.05, 0.1) is 4.47 Å². The molecule has 28 heavy (non-hydrogen) atoms. The summed E-state index contributed by atoms with van der Waals surface area (Å²) in [6.07, 6.45) is 6.98. The van der Waals surface area contributed by atoms with Crippen molar-refractivity contribution in [3.63, 3.8) is 0 Å². The highest BCUT2D eigenvalue weighted by Gasteiger charge is 2.31. The Labute approximate surface area is 178 Å². The SMILES string of the molecule is CCCN1CCC(C2CCN(C(=O)[C@H](C)Cc3ccc(O)c(Br)c3)CC2)CC1. The summed E-state index contributed by atoms with van der Waals surface area (Å²) in [6, 6.07) is 5.51. The Hall–Kier alpha value is -1.07. The van der Waals surface area contributed by atoms with E-state index in [2.05, 4.69) is 32.7 Å². The molecule has 4 nitrogen and oxygen atoms in total. The molecule has 0 radical (unpaired) electrons. The molecule has 156 valence electrons. The van der Waals surface area contributed by atoms with Crippen molar-refractivity contribution < 1.29 is 9.90 Å². The maximum absolute atomic E-state index is 12.9. The molecule has 0 saturated carbocycles. The Morgan fingerprint density at radius 2 is 1.75 bits per heavy atom. The van der Waals surface area contributed by atoms with Crippen LogP contribution in [-0.2, 0) is 11.2 Å². The second-order valence-corrected chi connectivity index (χ2v) is 9.59. The van der Waals surface area contributed by atoms with Crippen LogP contribution in [0.25, 0.3) is 0 Å². The largest absolute Gasteiger partial charge is 0.507 e. The van der Waals surface area contributed by atoms with Gasteiger partial charge in [-0.1, -0.05) is 19.9 Å². The van der Waals surface area contributed by atoms with E-state index in [0.29, 0.717) is 10.9 Å². The number of amides is 1. The van der Waals surface area contributed by atoms with Crippen LogP contribution in [0.2, 0.25) is 0 Å². The first-order chi connectivity index (χ1) is 13.5. The van der Waals surface area contributed by atoms with E-state index in [1.165, 1.54) is 51.7 Å². The minimum Gasteiger partial charge on any atom is -0.507 e. The summed E-state index contributed by atoms with van der Waals surface area (Å²) in [6.45, 7) is 9.90. The molecule has 0 aliphatic carbocycles. The fourth-order valence-corrected chi connectivity index (χ4v) is 5.41. The lowest BCUT2D eigenvalue weighted by Gasteiger charge is -2.40. The minimum absolute atomic E-state index is 0.0229. The molecule has 0 spiro atoms. The van der Waals surface area contributed by atoms with Gasteiger partial charge in [-0.05, 0) is 104 Å². The van der Waals surface area contributed by atoms with Gasteiger partial charge >= 0.3 is 0 Å². The third kappa shape index (κ3) is 5.50. The molecule has 5 heteroatoms. The molecule has 1 N–H and O–H groups in total. The van der Waals surface area contributed by atoms with Crippen molar-refractivity contribution in [3.8, 4) is 5.75 Å². The maximum Gasteiger partial charge on any atom is 0.225 e. The third-order valence-electron chi connectivity index (χ3n) is 6.67. The summed E-state index contributed by atoms with van der Waals surface area (Å²) >= 11 is 3.36. The molecule has 2 aliphatic heterocycles. The molecule has 1 atom stereocenters. The van der Waals surface area contributed by atoms with Gasteiger partial charge in [0, 0.05) is 19.0 Å². The zero-order valence-electron chi connectivity index (χ0n) is 17.4. The Morgan fingerprint density at radius 1 is 1.14 bits per heavy atom. The van der Waals surface area contributed by atoms with Crippen molar-refractivity contribution >= 4 is 21.8 Å². The van der Waals surface area contributed by atoms with Crippen molar-refractivity contribution in [3.05, 3.63) is 28.2 Å². The second-order valence-electron chi connectivity index (χ2n) is 8.73. The summed E-state index contributed by atoms with van der Waals surface area (Å²) in [5.41, 5.74) is 1.08. The zero-order chi connectivity index (χ0) is 20.1. The van der Waals surface area contributed by atoms with Gasteiger partial charge < -0.3 is 14.9 Å². The number of benzene rings is 1. The molecule has 1 amide bonds. The van der Waals surface area contributed by atoms with E-state index in [1.54, 1.807) is 6.07 Å². The van der Waals surface area contributed by atoms with Crippen LogP contribution in [-0.4, -0.2) is 53.5 Å². The average Bonchev–Trinajstić information content (AvgIpc) is 2.71. The zero-order valence-corrected chi connectivity index (χ0v) is 19.0. The van der Waals surface area contributed by atoms with E-state index in [0.717, 1.165) is 30.5 Å². The molecule has 2 aliphatic rings. The lowest BCUT2D eigenvalue weighted by atomic mass is 9.78. The molecule has 0 unspecified atom stereocenters. The van der Waals surface area contributed by atoms with Crippen molar-refractivity contribution in [2.45, 2.75) is 52.4 Å². The number of piperidine rings is 2. The number of nitrogens with zero attached hydrogens (tertiary/aromatic N) is 2. The van der Waals surface area contributed by atoms with E-state index in [4.69, 9.17) is 0 Å². The summed E-state index contributed by atoms with van der Waals surface area (Å²) in [4.78, 5) is 17.6. The Morgan fingerprint density at radius 3 is 2.32 bits per heavy atom. The molecule has 1 aromatic rings. The summed E-state index contributed by atoms with van der Waals surface area (Å²) in [7, 11) is 0. The van der Waals surface area contributed by atoms with Gasteiger partial charge in [-0.2, -0.15) is 0 Å². The number of hydrogen-bond donors (Lipinski definition) is 1. The predicted molar refractivity (Wildman–Crippen MR) is 117 cm³/mol. The number of likely N-dealkylation sites (tertiary alicyclic amines) is 2. The van der Waals surface area contributed by atoms with E-state index >= 15 is 0 Å². The van der Waals surface area contributed by atoms with Gasteiger partial charge in [-0.25, -0.2) is 0 Å². The monoisotopic (exact) mass is 450 g/mol. The van der Waals surface area contributed by atoms with Crippen LogP contribution in [0.5, 0.6) is 5.75 Å². The predicted octanol–water partition coefficient (Wildman–Crippen LogP) is 4.69. The number of hydrogen-bond acceptors (Lipinski definition) is 3. The Balaban J connectivity index is 1.45. The van der Waals surface area contributed by atoms with E-state index in [9.17, 15) is 9.90 Å². The van der Waals surface area contributed by atoms with Gasteiger partial charge in [0.2, 0.25) is 5.91 Å². The van der Waals surface area contributed by atoms with E-state index in [1.807, 2.05) is 19.1 Å². The van der Waals surface area contributed by atoms with Crippen LogP contribution >= 0.6 is 15.9 Å². The highest BCUT2D eigenvalue weighted by molar-refractivity contribution is 9.10. The third-order valence-corrected chi connectivity index (χ3v) is 7.30. The molecule has 2 fully saturated rings. The first-order valence-corrected chi connectivity index (χ1v) is 11.8. The van der Waals surface area contributed by atoms with Crippen molar-refractivity contribution in [2.24, 2.45) is 17.8 Å². The molecule has 2 saturated heterocycles. The first-order valence-electron chi connectivity index (χ1n) is 11.0. The van der Waals surface area contributed by atoms with Crippen LogP contribution in [0, 0.1) is 17.8 Å². The van der Waals surface area contributed by atoms with Gasteiger partial charge in [0.1, 0.15) is 5.75 Å². The molecule has 1 aromatic carbocycles. The highest BCUT2D eigenvalue weighted by Crippen LogP contribution is 2.33. The second kappa shape index (κ2) is 10.1. The van der Waals surface area contributed by atoms with Gasteiger partial charge in [-0.3, -0.25) is 4.79 Å². The summed E-state index contributed by atoms with van der Waals surface area (Å²) in [5.74, 6) is 2.16. The van der Waals surface area contributed by atoms with Crippen LogP contribution in [0.4, 0.5) is 0 Å². The number of carbonyl (C=O) groups is 1. The average molecular weight is 451 g/mol. The summed E-state index contributed by atoms with van der Waals surface area (Å²) < 4.78 is 0.690. The topological polar surface area (TPSA) is 43.8 Å². The number of halogens is 1. The number of aromatic hydroxyl groups is 1. The fourth-order valence-electron chi connectivity index (χ4n) is 4.99. The van der Waals surface area contributed by atoms with Gasteiger partial charge in [0.15, 0.2) is 0 Å². The molecule has 0 bridgehead atoms. The number of phenolic OH excluding ortho intramolecular Hbond substituents is 1. The quantitative estimate of drug-likeness (QED) is 0.682. The lowest BCUT2D eigenvalue weighted by Crippen LogP contribution is -2.44. The smallest absolute Gasteiger partial charge is 0.225 e. The minimum atomic E-state index is -0.0229. The van der Waals surface area contributed by atoms with Crippen molar-refractivity contribution in [1.29, 1.82) is 0 Å². The van der Waals surface area contributed by atoms with Crippen molar-refractivity contribution in [2.75, 3.05) is 32.7 Å². The highest BCUT2D eigenvalue weighted by atomic mass is 79.9. The van der Waals surface area contributed by atoms with Crippen LogP contribution in [0.3, 0.4) is 0 Å². The Bertz CT molecular complexity index is 650. The van der Waals surface area contributed by atoms with E-state index in [-0.39, 0.29) is 17.6 Å². The molecular formula is C23H35BrN2O2. The standard InChI is InChI=1S/C23H35BrN2O2/c1-3-10-25-11-6-19(7-12-25)20-8-13-26(14-9-20)23(28)17(2)15-18-4-5-22(27)21(24)16-18/h4-5,16-17,19-20,27H,3,6-15H2,1-2H3/t17-/m1/s1.